The van der Waals surface area contributed by atoms with Crippen LogP contribution in [0.1, 0.15) is 51.4 Å². The summed E-state index contributed by atoms with van der Waals surface area (Å²) in [7, 11) is -7.47. The zero-order valence-corrected chi connectivity index (χ0v) is 24.4. The number of hydrogen-bond acceptors (Lipinski definition) is 4. The normalized spacial score (nSPS) is 13.9. The minimum atomic E-state index is -3.80. The van der Waals surface area contributed by atoms with Crippen molar-refractivity contribution in [1.82, 2.24) is 8.61 Å². The summed E-state index contributed by atoms with van der Waals surface area (Å²) in [6, 6.07) is 13.7. The maximum Gasteiger partial charge on any atom is 0.244 e. The molecule has 0 saturated heterocycles. The fourth-order valence-corrected chi connectivity index (χ4v) is 7.59. The molecule has 0 unspecified atom stereocenters. The predicted molar refractivity (Wildman–Crippen MR) is 150 cm³/mol. The third-order valence-electron chi connectivity index (χ3n) is 7.49. The van der Waals surface area contributed by atoms with Gasteiger partial charge in [-0.3, -0.25) is 0 Å². The van der Waals surface area contributed by atoms with E-state index in [0.29, 0.717) is 6.54 Å². The molecule has 0 amide bonds. The van der Waals surface area contributed by atoms with Gasteiger partial charge in [0.2, 0.25) is 20.0 Å². The number of hydrogen-bond donors (Lipinski definition) is 0. The minimum absolute atomic E-state index is 0.0651. The highest BCUT2D eigenvalue weighted by atomic mass is 32.2. The van der Waals surface area contributed by atoms with E-state index < -0.39 is 20.0 Å². The molecule has 200 valence electrons. The molecular formula is C30H34N2O4S2. The minimum Gasteiger partial charge on any atom is -0.207 e. The van der Waals surface area contributed by atoms with Gasteiger partial charge in [-0.05, 0) is 99.2 Å². The van der Waals surface area contributed by atoms with Gasteiger partial charge >= 0.3 is 0 Å². The molecule has 3 aromatic carbocycles. The highest BCUT2D eigenvalue weighted by Gasteiger charge is 2.35. The van der Waals surface area contributed by atoms with E-state index >= 15 is 0 Å². The zero-order valence-electron chi connectivity index (χ0n) is 22.8. The van der Waals surface area contributed by atoms with Crippen LogP contribution in [0.25, 0.3) is 0 Å². The Bertz CT molecular complexity index is 1650. The molecule has 0 N–H and O–H groups in total. The average molecular weight is 551 g/mol. The third-order valence-corrected chi connectivity index (χ3v) is 11.1. The molecule has 0 radical (unpaired) electrons. The van der Waals surface area contributed by atoms with Gasteiger partial charge in [-0.2, -0.15) is 8.61 Å². The smallest absolute Gasteiger partial charge is 0.207 e. The second-order valence-corrected chi connectivity index (χ2v) is 13.8. The second-order valence-electron chi connectivity index (χ2n) is 9.91. The van der Waals surface area contributed by atoms with Gasteiger partial charge in [0.25, 0.3) is 0 Å². The second kappa shape index (κ2) is 10.7. The van der Waals surface area contributed by atoms with Crippen LogP contribution in [0.2, 0.25) is 0 Å². The number of rotatable bonds is 7. The summed E-state index contributed by atoms with van der Waals surface area (Å²) >= 11 is 0. The zero-order chi connectivity index (χ0) is 27.8. The molecule has 1 heterocycles. The van der Waals surface area contributed by atoms with Crippen molar-refractivity contribution in [3.63, 3.8) is 0 Å². The molecule has 4 rings (SSSR count). The summed E-state index contributed by atoms with van der Waals surface area (Å²) in [6.07, 6.45) is 0. The van der Waals surface area contributed by atoms with Crippen molar-refractivity contribution in [2.75, 3.05) is 6.54 Å². The first-order valence-electron chi connectivity index (χ1n) is 12.5. The summed E-state index contributed by atoms with van der Waals surface area (Å²) in [4.78, 5) is 0.501. The largest absolute Gasteiger partial charge is 0.244 e. The van der Waals surface area contributed by atoms with Gasteiger partial charge in [-0.1, -0.05) is 41.3 Å². The van der Waals surface area contributed by atoms with Crippen molar-refractivity contribution >= 4 is 20.0 Å². The van der Waals surface area contributed by atoms with Crippen LogP contribution in [0.4, 0.5) is 0 Å². The van der Waals surface area contributed by atoms with Gasteiger partial charge < -0.3 is 0 Å². The summed E-state index contributed by atoms with van der Waals surface area (Å²) in [5.41, 5.74) is 7.73. The van der Waals surface area contributed by atoms with Crippen LogP contribution in [0, 0.1) is 46.5 Å². The molecule has 3 aromatic rings. The van der Waals surface area contributed by atoms with Gasteiger partial charge in [-0.25, -0.2) is 16.8 Å². The Balaban J connectivity index is 1.73. The monoisotopic (exact) mass is 550 g/mol. The van der Waals surface area contributed by atoms with Crippen molar-refractivity contribution in [3.05, 3.63) is 93.0 Å². The summed E-state index contributed by atoms with van der Waals surface area (Å²) < 4.78 is 57.1. The van der Waals surface area contributed by atoms with E-state index in [0.717, 1.165) is 44.5 Å². The lowest BCUT2D eigenvalue weighted by Crippen LogP contribution is -2.32. The SMILES string of the molecule is CC#CCN(Cc1c(C)c(C)c2c(c1C)CN(S(=O)(=O)c1ccc(C)cc1)C2)S(=O)(=O)c1ccc(C)cc1. The summed E-state index contributed by atoms with van der Waals surface area (Å²) in [5.74, 6) is 5.73. The van der Waals surface area contributed by atoms with Gasteiger partial charge in [0, 0.05) is 19.6 Å². The average Bonchev–Trinajstić information content (AvgIpc) is 3.34. The van der Waals surface area contributed by atoms with Crippen molar-refractivity contribution in [2.24, 2.45) is 0 Å². The van der Waals surface area contributed by atoms with E-state index in [9.17, 15) is 16.8 Å². The predicted octanol–water partition coefficient (Wildman–Crippen LogP) is 5.15. The fourth-order valence-electron chi connectivity index (χ4n) is 4.90. The molecule has 38 heavy (non-hydrogen) atoms. The third kappa shape index (κ3) is 5.16. The topological polar surface area (TPSA) is 74.8 Å². The Morgan fingerprint density at radius 1 is 0.737 bits per heavy atom. The van der Waals surface area contributed by atoms with Gasteiger partial charge in [-0.15, -0.1) is 5.92 Å². The van der Waals surface area contributed by atoms with Crippen molar-refractivity contribution in [3.8, 4) is 11.8 Å². The molecule has 0 atom stereocenters. The molecule has 0 fully saturated rings. The lowest BCUT2D eigenvalue weighted by Gasteiger charge is -2.24. The molecular weight excluding hydrogens is 516 g/mol. The molecule has 8 heteroatoms. The lowest BCUT2D eigenvalue weighted by atomic mass is 9.89. The summed E-state index contributed by atoms with van der Waals surface area (Å²) in [5, 5.41) is 0. The molecule has 1 aliphatic rings. The van der Waals surface area contributed by atoms with Crippen molar-refractivity contribution in [1.29, 1.82) is 0 Å². The molecule has 6 nitrogen and oxygen atoms in total. The van der Waals surface area contributed by atoms with E-state index in [2.05, 4.69) is 11.8 Å². The first-order chi connectivity index (χ1) is 17.9. The number of nitrogens with zero attached hydrogens (tertiary/aromatic N) is 2. The summed E-state index contributed by atoms with van der Waals surface area (Å²) in [6.45, 7) is 12.2. The van der Waals surface area contributed by atoms with Crippen LogP contribution in [0.5, 0.6) is 0 Å². The Labute approximate surface area is 227 Å². The molecule has 0 spiro atoms. The molecule has 0 aliphatic carbocycles. The molecule has 1 aliphatic heterocycles. The number of sulfonamides is 2. The van der Waals surface area contributed by atoms with E-state index in [4.69, 9.17) is 0 Å². The van der Waals surface area contributed by atoms with Crippen LogP contribution in [0.15, 0.2) is 58.3 Å². The highest BCUT2D eigenvalue weighted by molar-refractivity contribution is 7.89. The standard InChI is InChI=1S/C30H34N2O4S2/c1-7-8-17-31(37(33,34)26-13-9-21(2)10-14-26)18-28-23(4)24(5)29-19-32(20-30(29)25(28)6)38(35,36)27-15-11-22(3)12-16-27/h9-16H,17-20H2,1-6H3. The van der Waals surface area contributed by atoms with E-state index in [1.807, 2.05) is 34.6 Å². The Hall–Kier alpha value is -2.96. The van der Waals surface area contributed by atoms with Crippen LogP contribution < -0.4 is 0 Å². The highest BCUT2D eigenvalue weighted by Crippen LogP contribution is 2.37. The van der Waals surface area contributed by atoms with Gasteiger partial charge in [0.1, 0.15) is 0 Å². The van der Waals surface area contributed by atoms with Crippen LogP contribution in [-0.4, -0.2) is 32.0 Å². The number of aryl methyl sites for hydroxylation is 2. The molecule has 0 bridgehead atoms. The van der Waals surface area contributed by atoms with Crippen LogP contribution in [-0.2, 0) is 39.7 Å². The van der Waals surface area contributed by atoms with Crippen molar-refractivity contribution in [2.45, 2.75) is 71.0 Å². The first-order valence-corrected chi connectivity index (χ1v) is 15.4. The van der Waals surface area contributed by atoms with Gasteiger partial charge in [0.15, 0.2) is 0 Å². The van der Waals surface area contributed by atoms with Gasteiger partial charge in [0.05, 0.1) is 16.3 Å². The number of fused-ring (bicyclic) bond motifs is 1. The molecule has 0 aromatic heterocycles. The van der Waals surface area contributed by atoms with Crippen LogP contribution >= 0.6 is 0 Å². The van der Waals surface area contributed by atoms with E-state index in [-0.39, 0.29) is 29.4 Å². The Kier molecular flexibility index (Phi) is 7.87. The maximum absolute atomic E-state index is 13.6. The van der Waals surface area contributed by atoms with E-state index in [1.165, 1.54) is 8.61 Å². The maximum atomic E-state index is 13.6. The Morgan fingerprint density at radius 2 is 1.24 bits per heavy atom. The fraction of sp³-hybridized carbons (Fsp3) is 0.333. The Morgan fingerprint density at radius 3 is 1.76 bits per heavy atom. The lowest BCUT2D eigenvalue weighted by molar-refractivity contribution is 0.430. The van der Waals surface area contributed by atoms with E-state index in [1.54, 1.807) is 55.5 Å². The number of benzene rings is 3. The van der Waals surface area contributed by atoms with Crippen molar-refractivity contribution < 1.29 is 16.8 Å². The van der Waals surface area contributed by atoms with Crippen LogP contribution in [0.3, 0.4) is 0 Å². The first kappa shape index (κ1) is 28.1. The molecule has 0 saturated carbocycles. The quantitative estimate of drug-likeness (QED) is 0.382.